The molecule has 0 amide bonds. The molecule has 0 saturated heterocycles. The first kappa shape index (κ1) is 12.3. The molecule has 1 aromatic carbocycles. The number of hydrogen-bond acceptors (Lipinski definition) is 2. The summed E-state index contributed by atoms with van der Waals surface area (Å²) in [6.07, 6.45) is 1.13. The Bertz CT molecular complexity index is 442. The summed E-state index contributed by atoms with van der Waals surface area (Å²) >= 11 is 1.72. The number of hydrogen-bond donors (Lipinski definition) is 1. The minimum Gasteiger partial charge on any atom is -0.320 e. The van der Waals surface area contributed by atoms with Gasteiger partial charge in [-0.1, -0.05) is 44.2 Å². The molecule has 0 spiro atoms. The van der Waals surface area contributed by atoms with Gasteiger partial charge in [-0.05, 0) is 34.9 Å². The van der Waals surface area contributed by atoms with Gasteiger partial charge in [-0.15, -0.1) is 11.3 Å². The topological polar surface area (TPSA) is 26.0 Å². The van der Waals surface area contributed by atoms with E-state index in [1.54, 1.807) is 11.3 Å². The van der Waals surface area contributed by atoms with Crippen LogP contribution in [0.15, 0.2) is 41.8 Å². The first-order chi connectivity index (χ1) is 8.16. The van der Waals surface area contributed by atoms with Crippen LogP contribution in [0.1, 0.15) is 35.9 Å². The molecule has 0 fully saturated rings. The highest BCUT2D eigenvalue weighted by Crippen LogP contribution is 2.24. The minimum absolute atomic E-state index is 0.0168. The molecule has 0 aliphatic carbocycles. The number of nitrogens with two attached hydrogens (primary N) is 1. The molecule has 2 aromatic rings. The van der Waals surface area contributed by atoms with Crippen LogP contribution in [-0.2, 0) is 6.42 Å². The summed E-state index contributed by atoms with van der Waals surface area (Å²) in [4.78, 5) is 1.22. The number of rotatable bonds is 4. The predicted octanol–water partition coefficient (Wildman–Crippen LogP) is 3.99. The zero-order chi connectivity index (χ0) is 12.3. The van der Waals surface area contributed by atoms with E-state index in [0.29, 0.717) is 5.92 Å². The van der Waals surface area contributed by atoms with Crippen molar-refractivity contribution in [3.63, 3.8) is 0 Å². The van der Waals surface area contributed by atoms with Gasteiger partial charge in [0.1, 0.15) is 0 Å². The van der Waals surface area contributed by atoms with Crippen LogP contribution in [0, 0.1) is 5.92 Å². The highest BCUT2D eigenvalue weighted by Gasteiger charge is 2.09. The average Bonchev–Trinajstić information content (AvgIpc) is 2.82. The van der Waals surface area contributed by atoms with E-state index in [1.807, 2.05) is 6.07 Å². The quantitative estimate of drug-likeness (QED) is 0.866. The Balaban J connectivity index is 2.12. The molecular formula is C15H19NS. The zero-order valence-corrected chi connectivity index (χ0v) is 11.2. The standard InChI is InChI=1S/C15H19NS/c1-11(2)10-12-5-7-13(8-6-12)15(16)14-4-3-9-17-14/h3-9,11,15H,10,16H2,1-2H3/t15-/m0/s1. The van der Waals surface area contributed by atoms with E-state index in [1.165, 1.54) is 16.0 Å². The average molecular weight is 245 g/mol. The van der Waals surface area contributed by atoms with Crippen molar-refractivity contribution in [1.82, 2.24) is 0 Å². The van der Waals surface area contributed by atoms with Gasteiger partial charge in [0.05, 0.1) is 6.04 Å². The van der Waals surface area contributed by atoms with Crippen molar-refractivity contribution in [2.24, 2.45) is 11.7 Å². The van der Waals surface area contributed by atoms with Crippen LogP contribution in [0.25, 0.3) is 0 Å². The molecule has 17 heavy (non-hydrogen) atoms. The van der Waals surface area contributed by atoms with E-state index in [9.17, 15) is 0 Å². The lowest BCUT2D eigenvalue weighted by molar-refractivity contribution is 0.647. The maximum absolute atomic E-state index is 6.22. The lowest BCUT2D eigenvalue weighted by Gasteiger charge is -2.11. The van der Waals surface area contributed by atoms with Crippen LogP contribution in [0.4, 0.5) is 0 Å². The summed E-state index contributed by atoms with van der Waals surface area (Å²) in [6.45, 7) is 4.48. The largest absolute Gasteiger partial charge is 0.320 e. The summed E-state index contributed by atoms with van der Waals surface area (Å²) < 4.78 is 0. The first-order valence-corrected chi connectivity index (χ1v) is 6.92. The lowest BCUT2D eigenvalue weighted by Crippen LogP contribution is -2.10. The second-order valence-corrected chi connectivity index (χ2v) is 5.81. The van der Waals surface area contributed by atoms with Crippen molar-refractivity contribution in [3.05, 3.63) is 57.8 Å². The van der Waals surface area contributed by atoms with Gasteiger partial charge in [0, 0.05) is 4.88 Å². The van der Waals surface area contributed by atoms with Gasteiger partial charge in [-0.2, -0.15) is 0 Å². The summed E-state index contributed by atoms with van der Waals surface area (Å²) in [5.74, 6) is 0.701. The Kier molecular flexibility index (Phi) is 3.97. The third kappa shape index (κ3) is 3.18. The molecule has 0 aliphatic rings. The van der Waals surface area contributed by atoms with Crippen molar-refractivity contribution in [1.29, 1.82) is 0 Å². The molecule has 1 heterocycles. The van der Waals surface area contributed by atoms with Crippen molar-refractivity contribution >= 4 is 11.3 Å². The van der Waals surface area contributed by atoms with Gasteiger partial charge in [0.15, 0.2) is 0 Å². The molecule has 1 atom stereocenters. The normalized spacial score (nSPS) is 12.9. The molecule has 0 radical (unpaired) electrons. The molecule has 0 unspecified atom stereocenters. The van der Waals surface area contributed by atoms with E-state index in [2.05, 4.69) is 49.6 Å². The van der Waals surface area contributed by atoms with Crippen LogP contribution >= 0.6 is 11.3 Å². The number of benzene rings is 1. The van der Waals surface area contributed by atoms with Crippen LogP contribution < -0.4 is 5.73 Å². The fourth-order valence-electron chi connectivity index (χ4n) is 1.96. The summed E-state index contributed by atoms with van der Waals surface area (Å²) in [5, 5.41) is 2.07. The Morgan fingerprint density at radius 2 is 1.82 bits per heavy atom. The predicted molar refractivity (Wildman–Crippen MR) is 75.3 cm³/mol. The summed E-state index contributed by atoms with van der Waals surface area (Å²) in [5.41, 5.74) is 8.81. The van der Waals surface area contributed by atoms with Crippen molar-refractivity contribution in [3.8, 4) is 0 Å². The second-order valence-electron chi connectivity index (χ2n) is 4.83. The fourth-order valence-corrected chi connectivity index (χ4v) is 2.72. The smallest absolute Gasteiger partial charge is 0.0645 e. The van der Waals surface area contributed by atoms with Gasteiger partial charge in [-0.3, -0.25) is 0 Å². The maximum Gasteiger partial charge on any atom is 0.0645 e. The van der Waals surface area contributed by atoms with Gasteiger partial charge in [0.2, 0.25) is 0 Å². The van der Waals surface area contributed by atoms with E-state index >= 15 is 0 Å². The highest BCUT2D eigenvalue weighted by atomic mass is 32.1. The molecule has 2 rings (SSSR count). The lowest BCUT2D eigenvalue weighted by atomic mass is 9.99. The molecule has 0 aliphatic heterocycles. The van der Waals surface area contributed by atoms with Gasteiger partial charge in [-0.25, -0.2) is 0 Å². The Morgan fingerprint density at radius 3 is 2.35 bits per heavy atom. The number of thiophene rings is 1. The van der Waals surface area contributed by atoms with Crippen molar-refractivity contribution < 1.29 is 0 Å². The van der Waals surface area contributed by atoms with Crippen molar-refractivity contribution in [2.45, 2.75) is 26.3 Å². The maximum atomic E-state index is 6.22. The molecule has 2 heteroatoms. The monoisotopic (exact) mass is 245 g/mol. The molecule has 90 valence electrons. The summed E-state index contributed by atoms with van der Waals surface area (Å²) in [6, 6.07) is 12.9. The van der Waals surface area contributed by atoms with E-state index in [4.69, 9.17) is 5.73 Å². The molecule has 1 nitrogen and oxygen atoms in total. The first-order valence-electron chi connectivity index (χ1n) is 6.04. The third-order valence-electron chi connectivity index (χ3n) is 2.83. The van der Waals surface area contributed by atoms with E-state index in [-0.39, 0.29) is 6.04 Å². The summed E-state index contributed by atoms with van der Waals surface area (Å²) in [7, 11) is 0. The van der Waals surface area contributed by atoms with Crippen LogP contribution in [0.5, 0.6) is 0 Å². The van der Waals surface area contributed by atoms with Crippen molar-refractivity contribution in [2.75, 3.05) is 0 Å². The molecule has 0 saturated carbocycles. The van der Waals surface area contributed by atoms with Gasteiger partial charge >= 0.3 is 0 Å². The second kappa shape index (κ2) is 5.48. The van der Waals surface area contributed by atoms with Gasteiger partial charge in [0.25, 0.3) is 0 Å². The molecular weight excluding hydrogens is 226 g/mol. The van der Waals surface area contributed by atoms with Gasteiger partial charge < -0.3 is 5.73 Å². The molecule has 2 N–H and O–H groups in total. The SMILES string of the molecule is CC(C)Cc1ccc([C@H](N)c2cccs2)cc1. The Labute approximate surface area is 107 Å². The van der Waals surface area contributed by atoms with Crippen LogP contribution in [0.3, 0.4) is 0 Å². The fraction of sp³-hybridized carbons (Fsp3) is 0.333. The molecule has 1 aromatic heterocycles. The Morgan fingerprint density at radius 1 is 1.12 bits per heavy atom. The van der Waals surface area contributed by atoms with E-state index in [0.717, 1.165) is 6.42 Å². The Hall–Kier alpha value is -1.12. The third-order valence-corrected chi connectivity index (χ3v) is 3.79. The zero-order valence-electron chi connectivity index (χ0n) is 10.4. The minimum atomic E-state index is 0.0168. The van der Waals surface area contributed by atoms with E-state index < -0.39 is 0 Å². The molecule has 0 bridgehead atoms. The highest BCUT2D eigenvalue weighted by molar-refractivity contribution is 7.10. The van der Waals surface area contributed by atoms with Crippen LogP contribution in [0.2, 0.25) is 0 Å². The van der Waals surface area contributed by atoms with Crippen LogP contribution in [-0.4, -0.2) is 0 Å².